The maximum atomic E-state index is 13.4. The fraction of sp³-hybridized carbons (Fsp3) is 0.600. The number of nitrogens with zero attached hydrogens (tertiary/aromatic N) is 3. The second kappa shape index (κ2) is 8.62. The van der Waals surface area contributed by atoms with Gasteiger partial charge in [-0.25, -0.2) is 4.39 Å². The normalized spacial score (nSPS) is 22.2. The van der Waals surface area contributed by atoms with Gasteiger partial charge in [0, 0.05) is 44.3 Å². The minimum atomic E-state index is -0.395. The summed E-state index contributed by atoms with van der Waals surface area (Å²) in [4.78, 5) is 31.1. The molecule has 2 fully saturated rings. The quantitative estimate of drug-likeness (QED) is 0.830. The number of halogens is 1. The van der Waals surface area contributed by atoms with Gasteiger partial charge in [-0.3, -0.25) is 14.5 Å². The number of amides is 2. The van der Waals surface area contributed by atoms with Crippen LogP contribution < -0.4 is 0 Å². The summed E-state index contributed by atoms with van der Waals surface area (Å²) in [5, 5.41) is 0. The van der Waals surface area contributed by atoms with E-state index in [1.54, 1.807) is 17.0 Å². The van der Waals surface area contributed by atoms with Crippen molar-refractivity contribution in [3.63, 3.8) is 0 Å². The summed E-state index contributed by atoms with van der Waals surface area (Å²) < 4.78 is 13.4. The Kier molecular flexibility index (Phi) is 6.25. The topological polar surface area (TPSA) is 43.9 Å². The molecular weight excluding hydrogens is 333 g/mol. The van der Waals surface area contributed by atoms with E-state index in [0.717, 1.165) is 32.4 Å². The molecule has 0 spiro atoms. The van der Waals surface area contributed by atoms with Crippen molar-refractivity contribution in [1.29, 1.82) is 0 Å². The van der Waals surface area contributed by atoms with Crippen molar-refractivity contribution in [3.05, 3.63) is 35.6 Å². The predicted molar refractivity (Wildman–Crippen MR) is 98.4 cm³/mol. The first-order valence-corrected chi connectivity index (χ1v) is 9.61. The molecule has 2 saturated heterocycles. The molecule has 26 heavy (non-hydrogen) atoms. The van der Waals surface area contributed by atoms with E-state index in [1.165, 1.54) is 18.6 Å². The molecule has 1 aromatic carbocycles. The molecule has 2 aliphatic heterocycles. The van der Waals surface area contributed by atoms with Gasteiger partial charge in [-0.1, -0.05) is 6.07 Å². The third-order valence-electron chi connectivity index (χ3n) is 5.43. The molecule has 3 rings (SSSR count). The summed E-state index contributed by atoms with van der Waals surface area (Å²) in [5.74, 6) is -0.335. The Hall–Kier alpha value is -1.95. The van der Waals surface area contributed by atoms with Gasteiger partial charge in [0.05, 0.1) is 6.54 Å². The van der Waals surface area contributed by atoms with Crippen LogP contribution in [0.5, 0.6) is 0 Å². The highest BCUT2D eigenvalue weighted by molar-refractivity contribution is 5.94. The molecule has 0 aliphatic carbocycles. The summed E-state index contributed by atoms with van der Waals surface area (Å²) >= 11 is 0. The summed E-state index contributed by atoms with van der Waals surface area (Å²) in [6, 6.07) is 6.16. The highest BCUT2D eigenvalue weighted by Gasteiger charge is 2.26. The second-order valence-corrected chi connectivity index (χ2v) is 7.36. The fourth-order valence-electron chi connectivity index (χ4n) is 3.89. The monoisotopic (exact) mass is 361 g/mol. The number of carbonyl (C=O) groups is 2. The van der Waals surface area contributed by atoms with Crippen molar-refractivity contribution in [3.8, 4) is 0 Å². The molecule has 2 amide bonds. The Balaban J connectivity index is 1.54. The number of likely N-dealkylation sites (tertiary alicyclic amines) is 1. The zero-order valence-electron chi connectivity index (χ0n) is 15.5. The van der Waals surface area contributed by atoms with Gasteiger partial charge in [0.15, 0.2) is 0 Å². The van der Waals surface area contributed by atoms with Crippen molar-refractivity contribution in [1.82, 2.24) is 14.7 Å². The Labute approximate surface area is 154 Å². The number of carbonyl (C=O) groups excluding carboxylic acids is 2. The molecule has 0 radical (unpaired) electrons. The molecule has 2 aliphatic rings. The highest BCUT2D eigenvalue weighted by Crippen LogP contribution is 2.17. The van der Waals surface area contributed by atoms with Crippen molar-refractivity contribution in [2.75, 3.05) is 39.3 Å². The van der Waals surface area contributed by atoms with E-state index in [-0.39, 0.29) is 11.8 Å². The third kappa shape index (κ3) is 4.61. The van der Waals surface area contributed by atoms with E-state index in [1.807, 2.05) is 4.90 Å². The van der Waals surface area contributed by atoms with Crippen LogP contribution in [-0.2, 0) is 4.79 Å². The van der Waals surface area contributed by atoms with Gasteiger partial charge in [0.25, 0.3) is 5.91 Å². The Bertz CT molecular complexity index is 652. The number of rotatable bonds is 3. The smallest absolute Gasteiger partial charge is 0.254 e. The van der Waals surface area contributed by atoms with Crippen LogP contribution in [0.3, 0.4) is 0 Å². The standard InChI is InChI=1S/C20H28FN3O2/c1-16-6-2-3-11-24(16)19(25)15-22-9-5-10-23(13-12-22)20(26)17-7-4-8-18(21)14-17/h4,7-8,14,16H,2-3,5-6,9-13,15H2,1H3. The highest BCUT2D eigenvalue weighted by atomic mass is 19.1. The number of piperidine rings is 1. The van der Waals surface area contributed by atoms with Gasteiger partial charge in [-0.05, 0) is 50.8 Å². The molecule has 2 heterocycles. The van der Waals surface area contributed by atoms with Gasteiger partial charge >= 0.3 is 0 Å². The number of hydrogen-bond donors (Lipinski definition) is 0. The molecule has 1 aromatic rings. The van der Waals surface area contributed by atoms with Crippen LogP contribution in [0.2, 0.25) is 0 Å². The average molecular weight is 361 g/mol. The van der Waals surface area contributed by atoms with Crippen LogP contribution >= 0.6 is 0 Å². The first-order valence-electron chi connectivity index (χ1n) is 9.61. The Morgan fingerprint density at radius 1 is 1.08 bits per heavy atom. The Morgan fingerprint density at radius 2 is 1.92 bits per heavy atom. The molecular formula is C20H28FN3O2. The van der Waals surface area contributed by atoms with E-state index in [4.69, 9.17) is 0 Å². The molecule has 6 heteroatoms. The molecule has 142 valence electrons. The van der Waals surface area contributed by atoms with Gasteiger partial charge in [-0.2, -0.15) is 0 Å². The lowest BCUT2D eigenvalue weighted by molar-refractivity contribution is -0.135. The van der Waals surface area contributed by atoms with Crippen LogP contribution in [0.15, 0.2) is 24.3 Å². The first-order chi connectivity index (χ1) is 12.5. The van der Waals surface area contributed by atoms with E-state index in [2.05, 4.69) is 11.8 Å². The zero-order chi connectivity index (χ0) is 18.5. The second-order valence-electron chi connectivity index (χ2n) is 7.36. The molecule has 1 atom stereocenters. The molecule has 0 bridgehead atoms. The van der Waals surface area contributed by atoms with Crippen LogP contribution in [0.1, 0.15) is 43.0 Å². The van der Waals surface area contributed by atoms with Crippen molar-refractivity contribution >= 4 is 11.8 Å². The van der Waals surface area contributed by atoms with E-state index >= 15 is 0 Å². The van der Waals surface area contributed by atoms with Gasteiger partial charge in [-0.15, -0.1) is 0 Å². The van der Waals surface area contributed by atoms with Crippen molar-refractivity contribution in [2.45, 2.75) is 38.6 Å². The lowest BCUT2D eigenvalue weighted by atomic mass is 10.0. The summed E-state index contributed by atoms with van der Waals surface area (Å²) in [5.41, 5.74) is 0.386. The lowest BCUT2D eigenvalue weighted by Gasteiger charge is -2.35. The molecule has 0 N–H and O–H groups in total. The van der Waals surface area contributed by atoms with Crippen LogP contribution in [0.4, 0.5) is 4.39 Å². The molecule has 0 saturated carbocycles. The zero-order valence-corrected chi connectivity index (χ0v) is 15.5. The lowest BCUT2D eigenvalue weighted by Crippen LogP contribution is -2.47. The van der Waals surface area contributed by atoms with Gasteiger partial charge in [0.2, 0.25) is 5.91 Å². The SMILES string of the molecule is CC1CCCCN1C(=O)CN1CCCN(C(=O)c2cccc(F)c2)CC1. The fourth-order valence-corrected chi connectivity index (χ4v) is 3.89. The molecule has 1 unspecified atom stereocenters. The first kappa shape index (κ1) is 18.8. The van der Waals surface area contributed by atoms with E-state index < -0.39 is 5.82 Å². The number of hydrogen-bond acceptors (Lipinski definition) is 3. The van der Waals surface area contributed by atoms with E-state index in [0.29, 0.717) is 37.8 Å². The molecule has 0 aromatic heterocycles. The van der Waals surface area contributed by atoms with Gasteiger partial charge < -0.3 is 9.80 Å². The average Bonchev–Trinajstić information content (AvgIpc) is 2.87. The molecule has 5 nitrogen and oxygen atoms in total. The van der Waals surface area contributed by atoms with Gasteiger partial charge in [0.1, 0.15) is 5.82 Å². The predicted octanol–water partition coefficient (Wildman–Crippen LogP) is 2.37. The maximum absolute atomic E-state index is 13.4. The van der Waals surface area contributed by atoms with Crippen LogP contribution in [-0.4, -0.2) is 71.8 Å². The third-order valence-corrected chi connectivity index (χ3v) is 5.43. The van der Waals surface area contributed by atoms with Crippen LogP contribution in [0.25, 0.3) is 0 Å². The maximum Gasteiger partial charge on any atom is 0.254 e. The minimum Gasteiger partial charge on any atom is -0.339 e. The van der Waals surface area contributed by atoms with E-state index in [9.17, 15) is 14.0 Å². The Morgan fingerprint density at radius 3 is 2.69 bits per heavy atom. The minimum absolute atomic E-state index is 0.137. The van der Waals surface area contributed by atoms with Crippen LogP contribution in [0, 0.1) is 5.82 Å². The van der Waals surface area contributed by atoms with Crippen molar-refractivity contribution < 1.29 is 14.0 Å². The van der Waals surface area contributed by atoms with Crippen molar-refractivity contribution in [2.24, 2.45) is 0 Å². The largest absolute Gasteiger partial charge is 0.339 e. The number of benzene rings is 1. The summed E-state index contributed by atoms with van der Waals surface area (Å²) in [6.07, 6.45) is 4.20. The summed E-state index contributed by atoms with van der Waals surface area (Å²) in [6.45, 7) is 6.09. The summed E-state index contributed by atoms with van der Waals surface area (Å²) in [7, 11) is 0.